The maximum atomic E-state index is 12.4. The number of methoxy groups -OCH3 is 1. The number of hydrogen-bond acceptors (Lipinski definition) is 4. The first kappa shape index (κ1) is 17.5. The zero-order valence-corrected chi connectivity index (χ0v) is 14.4. The van der Waals surface area contributed by atoms with Crippen molar-refractivity contribution in [1.82, 2.24) is 0 Å². The normalized spacial score (nSPS) is 12.7. The van der Waals surface area contributed by atoms with E-state index in [4.69, 9.17) is 4.74 Å². The summed E-state index contributed by atoms with van der Waals surface area (Å²) >= 11 is 0. The summed E-state index contributed by atoms with van der Waals surface area (Å²) in [6.45, 7) is 3.68. The molecule has 1 heterocycles. The lowest BCUT2D eigenvalue weighted by Gasteiger charge is -2.09. The Hall–Kier alpha value is -3.34. The second kappa shape index (κ2) is 7.27. The molecule has 5 nitrogen and oxygen atoms in total. The highest BCUT2D eigenvalue weighted by molar-refractivity contribution is 6.08. The average molecular weight is 349 g/mol. The van der Waals surface area contributed by atoms with E-state index in [0.717, 1.165) is 16.8 Å². The summed E-state index contributed by atoms with van der Waals surface area (Å²) in [6, 6.07) is 8.62. The molecule has 0 fully saturated rings. The van der Waals surface area contributed by atoms with Crippen LogP contribution in [0, 0.1) is 0 Å². The summed E-state index contributed by atoms with van der Waals surface area (Å²) in [6.07, 6.45) is 5.61. The van der Waals surface area contributed by atoms with Gasteiger partial charge in [0.1, 0.15) is 0 Å². The van der Waals surface area contributed by atoms with E-state index >= 15 is 0 Å². The largest absolute Gasteiger partial charge is 0.504 e. The summed E-state index contributed by atoms with van der Waals surface area (Å²) in [5, 5.41) is 12.9. The van der Waals surface area contributed by atoms with E-state index in [-0.39, 0.29) is 17.4 Å². The Labute approximate surface area is 151 Å². The van der Waals surface area contributed by atoms with Crippen LogP contribution in [0.4, 0.5) is 5.69 Å². The number of amides is 1. The van der Waals surface area contributed by atoms with E-state index in [1.807, 2.05) is 0 Å². The number of rotatable bonds is 6. The van der Waals surface area contributed by atoms with Gasteiger partial charge in [-0.05, 0) is 54.0 Å². The lowest BCUT2D eigenvalue weighted by atomic mass is 10.0. The number of hydrogen-bond donors (Lipinski definition) is 2. The summed E-state index contributed by atoms with van der Waals surface area (Å²) in [4.78, 5) is 23.9. The number of aromatic hydroxyl groups is 1. The molecule has 2 aromatic carbocycles. The lowest BCUT2D eigenvalue weighted by Crippen LogP contribution is -2.03. The molecule has 0 bridgehead atoms. The molecule has 2 aromatic rings. The van der Waals surface area contributed by atoms with Gasteiger partial charge in [-0.1, -0.05) is 12.2 Å². The van der Waals surface area contributed by atoms with E-state index in [2.05, 4.69) is 11.9 Å². The van der Waals surface area contributed by atoms with Crippen LogP contribution in [0.25, 0.3) is 6.08 Å². The molecule has 0 radical (unpaired) electrons. The van der Waals surface area contributed by atoms with Crippen molar-refractivity contribution < 1.29 is 19.4 Å². The Morgan fingerprint density at radius 2 is 2.15 bits per heavy atom. The second-order valence-electron chi connectivity index (χ2n) is 6.02. The smallest absolute Gasteiger partial charge is 0.228 e. The number of ketones is 1. The fraction of sp³-hybridized carbons (Fsp3) is 0.143. The topological polar surface area (TPSA) is 75.6 Å². The van der Waals surface area contributed by atoms with Crippen LogP contribution < -0.4 is 10.1 Å². The number of phenolic OH excluding ortho intramolecular Hbond substituents is 1. The molecule has 1 aliphatic heterocycles. The summed E-state index contributed by atoms with van der Waals surface area (Å²) in [5.41, 5.74) is 3.52. The third kappa shape index (κ3) is 3.52. The first-order chi connectivity index (χ1) is 12.5. The SMILES string of the molecule is C=CCc1cc(/C=C\C(=O)c2ccc3c(c2)CC(=O)N3)cc(OC)c1O. The predicted molar refractivity (Wildman–Crippen MR) is 101 cm³/mol. The molecule has 1 aliphatic rings. The number of anilines is 1. The molecule has 132 valence electrons. The van der Waals surface area contributed by atoms with E-state index in [1.165, 1.54) is 13.2 Å². The highest BCUT2D eigenvalue weighted by atomic mass is 16.5. The Morgan fingerprint density at radius 1 is 1.35 bits per heavy atom. The van der Waals surface area contributed by atoms with Crippen molar-refractivity contribution in [3.63, 3.8) is 0 Å². The van der Waals surface area contributed by atoms with Gasteiger partial charge < -0.3 is 15.2 Å². The fourth-order valence-electron chi connectivity index (χ4n) is 2.90. The zero-order valence-electron chi connectivity index (χ0n) is 14.4. The standard InChI is InChI=1S/C21H19NO4/c1-3-4-15-9-13(10-19(26-2)21(15)25)5-8-18(23)14-6-7-17-16(11-14)12-20(24)22-17/h3,5-11,25H,1,4,12H2,2H3,(H,22,24)/b8-5-. The Bertz CT molecular complexity index is 928. The van der Waals surface area contributed by atoms with Gasteiger partial charge in [0, 0.05) is 16.8 Å². The molecule has 2 N–H and O–H groups in total. The van der Waals surface area contributed by atoms with Gasteiger partial charge in [-0.2, -0.15) is 0 Å². The predicted octanol–water partition coefficient (Wildman–Crippen LogP) is 3.52. The van der Waals surface area contributed by atoms with Gasteiger partial charge in [0.25, 0.3) is 0 Å². The fourth-order valence-corrected chi connectivity index (χ4v) is 2.90. The third-order valence-electron chi connectivity index (χ3n) is 4.20. The van der Waals surface area contributed by atoms with Crippen molar-refractivity contribution in [3.8, 4) is 11.5 Å². The van der Waals surface area contributed by atoms with Gasteiger partial charge in [-0.15, -0.1) is 6.58 Å². The maximum absolute atomic E-state index is 12.4. The Morgan fingerprint density at radius 3 is 2.88 bits per heavy atom. The summed E-state index contributed by atoms with van der Waals surface area (Å²) in [7, 11) is 1.48. The Balaban J connectivity index is 1.84. The Kier molecular flexibility index (Phi) is 4.89. The van der Waals surface area contributed by atoms with Crippen LogP contribution in [0.2, 0.25) is 0 Å². The average Bonchev–Trinajstić information content (AvgIpc) is 3.01. The molecule has 0 aromatic heterocycles. The van der Waals surface area contributed by atoms with Crippen molar-refractivity contribution in [2.75, 3.05) is 12.4 Å². The van der Waals surface area contributed by atoms with Crippen LogP contribution in [-0.2, 0) is 17.6 Å². The molecule has 0 spiro atoms. The van der Waals surface area contributed by atoms with Gasteiger partial charge in [0.2, 0.25) is 5.91 Å². The monoisotopic (exact) mass is 349 g/mol. The number of carbonyl (C=O) groups is 2. The van der Waals surface area contributed by atoms with Crippen LogP contribution in [0.5, 0.6) is 11.5 Å². The molecule has 0 atom stereocenters. The van der Waals surface area contributed by atoms with E-state index in [1.54, 1.807) is 42.5 Å². The molecule has 0 unspecified atom stereocenters. The maximum Gasteiger partial charge on any atom is 0.228 e. The quantitative estimate of drug-likeness (QED) is 0.475. The van der Waals surface area contributed by atoms with E-state index in [0.29, 0.717) is 29.7 Å². The van der Waals surface area contributed by atoms with E-state index in [9.17, 15) is 14.7 Å². The minimum atomic E-state index is -0.163. The van der Waals surface area contributed by atoms with Gasteiger partial charge >= 0.3 is 0 Å². The van der Waals surface area contributed by atoms with E-state index < -0.39 is 0 Å². The van der Waals surface area contributed by atoms with Crippen molar-refractivity contribution in [1.29, 1.82) is 0 Å². The minimum Gasteiger partial charge on any atom is -0.504 e. The zero-order chi connectivity index (χ0) is 18.7. The number of benzene rings is 2. The van der Waals surface area contributed by atoms with Gasteiger partial charge in [0.05, 0.1) is 13.5 Å². The third-order valence-corrected chi connectivity index (χ3v) is 4.20. The lowest BCUT2D eigenvalue weighted by molar-refractivity contribution is -0.115. The summed E-state index contributed by atoms with van der Waals surface area (Å²) < 4.78 is 5.18. The van der Waals surface area contributed by atoms with Crippen molar-refractivity contribution in [2.45, 2.75) is 12.8 Å². The molecule has 5 heteroatoms. The highest BCUT2D eigenvalue weighted by Crippen LogP contribution is 2.32. The second-order valence-corrected chi connectivity index (χ2v) is 6.02. The first-order valence-electron chi connectivity index (χ1n) is 8.17. The first-order valence-corrected chi connectivity index (χ1v) is 8.17. The van der Waals surface area contributed by atoms with Crippen molar-refractivity contribution >= 4 is 23.5 Å². The molecule has 0 aliphatic carbocycles. The number of phenols is 1. The molecule has 0 saturated heterocycles. The van der Waals surface area contributed by atoms with Crippen LogP contribution in [-0.4, -0.2) is 23.9 Å². The molecule has 26 heavy (non-hydrogen) atoms. The number of carbonyl (C=O) groups excluding carboxylic acids is 2. The molecule has 1 amide bonds. The molecule has 3 rings (SSSR count). The molecular weight excluding hydrogens is 330 g/mol. The van der Waals surface area contributed by atoms with Crippen LogP contribution >= 0.6 is 0 Å². The molecule has 0 saturated carbocycles. The van der Waals surface area contributed by atoms with Gasteiger partial charge in [-0.3, -0.25) is 9.59 Å². The molecular formula is C21H19NO4. The number of fused-ring (bicyclic) bond motifs is 1. The van der Waals surface area contributed by atoms with Crippen LogP contribution in [0.15, 0.2) is 49.1 Å². The van der Waals surface area contributed by atoms with Crippen LogP contribution in [0.1, 0.15) is 27.0 Å². The number of allylic oxidation sites excluding steroid dienone is 2. The van der Waals surface area contributed by atoms with Gasteiger partial charge in [-0.25, -0.2) is 0 Å². The summed E-state index contributed by atoms with van der Waals surface area (Å²) in [5.74, 6) is 0.195. The minimum absolute atomic E-state index is 0.0638. The van der Waals surface area contributed by atoms with Crippen LogP contribution in [0.3, 0.4) is 0 Å². The van der Waals surface area contributed by atoms with Gasteiger partial charge in [0.15, 0.2) is 17.3 Å². The van der Waals surface area contributed by atoms with Crippen molar-refractivity contribution in [2.24, 2.45) is 0 Å². The number of nitrogens with one attached hydrogen (secondary N) is 1. The van der Waals surface area contributed by atoms with Crippen molar-refractivity contribution in [3.05, 3.63) is 71.3 Å². The number of ether oxygens (including phenoxy) is 1. The highest BCUT2D eigenvalue weighted by Gasteiger charge is 2.18.